The van der Waals surface area contributed by atoms with Gasteiger partial charge in [0.1, 0.15) is 0 Å². The fraction of sp³-hybridized carbons (Fsp3) is 0.455. The van der Waals surface area contributed by atoms with E-state index in [9.17, 15) is 0 Å². The second-order valence-corrected chi connectivity index (χ2v) is 5.79. The molecule has 1 rings (SSSR count). The summed E-state index contributed by atoms with van der Waals surface area (Å²) in [5.74, 6) is 0. The molecule has 0 aliphatic rings. The minimum atomic E-state index is 0.208. The van der Waals surface area contributed by atoms with Gasteiger partial charge in [0.2, 0.25) is 0 Å². The maximum absolute atomic E-state index is 9.03. The molecule has 0 radical (unpaired) electrons. The molecule has 2 nitrogen and oxygen atoms in total. The van der Waals surface area contributed by atoms with Gasteiger partial charge in [-0.15, -0.1) is 11.8 Å². The van der Waals surface area contributed by atoms with E-state index in [2.05, 4.69) is 33.4 Å². The van der Waals surface area contributed by atoms with Crippen LogP contribution in [0.15, 0.2) is 27.6 Å². The molecule has 0 aliphatic heterocycles. The lowest BCUT2D eigenvalue weighted by atomic mass is 10.2. The zero-order valence-electron chi connectivity index (χ0n) is 8.96. The monoisotopic (exact) mass is 289 g/mol. The van der Waals surface area contributed by atoms with Crippen LogP contribution in [-0.4, -0.2) is 24.0 Å². The summed E-state index contributed by atoms with van der Waals surface area (Å²) in [5, 5.41) is 12.4. The molecule has 1 unspecified atom stereocenters. The molecule has 1 aromatic rings. The van der Waals surface area contributed by atoms with Crippen LogP contribution in [0.4, 0.5) is 0 Å². The van der Waals surface area contributed by atoms with Crippen molar-refractivity contribution >= 4 is 27.7 Å². The molecule has 1 atom stereocenters. The minimum Gasteiger partial charge on any atom is -0.395 e. The van der Waals surface area contributed by atoms with Crippen LogP contribution in [0.3, 0.4) is 0 Å². The first-order chi connectivity index (χ1) is 7.17. The maximum Gasteiger partial charge on any atom is 0.0550 e. The predicted molar refractivity (Wildman–Crippen MR) is 69.3 cm³/mol. The van der Waals surface area contributed by atoms with Crippen molar-refractivity contribution in [1.29, 1.82) is 0 Å². The summed E-state index contributed by atoms with van der Waals surface area (Å²) < 4.78 is 1.09. The van der Waals surface area contributed by atoms with Crippen LogP contribution in [0, 0.1) is 0 Å². The van der Waals surface area contributed by atoms with Gasteiger partial charge in [0.25, 0.3) is 0 Å². The summed E-state index contributed by atoms with van der Waals surface area (Å²) in [6.07, 6.45) is 0. The molecule has 1 aromatic carbocycles. The summed E-state index contributed by atoms with van der Waals surface area (Å²) in [6, 6.07) is 6.24. The van der Waals surface area contributed by atoms with Crippen LogP contribution in [0.1, 0.15) is 12.5 Å². The van der Waals surface area contributed by atoms with Gasteiger partial charge in [0.15, 0.2) is 0 Å². The number of halogens is 1. The van der Waals surface area contributed by atoms with E-state index in [1.54, 1.807) is 11.8 Å². The standard InChI is InChI=1S/C11H16BrNOS/c1-8(7-14)15-11-4-3-10(12)5-9(11)6-13-2/h3-5,8,13-14H,6-7H2,1-2H3. The number of hydrogen-bond donors (Lipinski definition) is 2. The molecule has 0 spiro atoms. The molecule has 0 bridgehead atoms. The first-order valence-electron chi connectivity index (χ1n) is 4.88. The van der Waals surface area contributed by atoms with Gasteiger partial charge in [-0.25, -0.2) is 0 Å². The van der Waals surface area contributed by atoms with E-state index in [1.807, 2.05) is 20.0 Å². The average Bonchev–Trinajstić information content (AvgIpc) is 2.22. The van der Waals surface area contributed by atoms with E-state index in [0.717, 1.165) is 11.0 Å². The molecular weight excluding hydrogens is 274 g/mol. The van der Waals surface area contributed by atoms with Crippen molar-refractivity contribution in [2.75, 3.05) is 13.7 Å². The van der Waals surface area contributed by atoms with E-state index >= 15 is 0 Å². The van der Waals surface area contributed by atoms with Gasteiger partial charge in [-0.2, -0.15) is 0 Å². The van der Waals surface area contributed by atoms with Crippen LogP contribution < -0.4 is 5.32 Å². The number of aliphatic hydroxyl groups is 1. The smallest absolute Gasteiger partial charge is 0.0550 e. The van der Waals surface area contributed by atoms with E-state index < -0.39 is 0 Å². The Morgan fingerprint density at radius 2 is 2.27 bits per heavy atom. The third kappa shape index (κ3) is 4.15. The summed E-state index contributed by atoms with van der Waals surface area (Å²) in [4.78, 5) is 1.23. The molecule has 2 N–H and O–H groups in total. The molecule has 4 heteroatoms. The number of rotatable bonds is 5. The first kappa shape index (κ1) is 13.0. The van der Waals surface area contributed by atoms with Gasteiger partial charge in [0.05, 0.1) is 6.61 Å². The minimum absolute atomic E-state index is 0.208. The number of hydrogen-bond acceptors (Lipinski definition) is 3. The van der Waals surface area contributed by atoms with Crippen LogP contribution in [0.25, 0.3) is 0 Å². The zero-order valence-corrected chi connectivity index (χ0v) is 11.4. The Kier molecular flexibility index (Phi) is 5.68. The highest BCUT2D eigenvalue weighted by Gasteiger charge is 2.07. The van der Waals surface area contributed by atoms with Crippen molar-refractivity contribution in [2.45, 2.75) is 23.6 Å². The second-order valence-electron chi connectivity index (χ2n) is 3.39. The SMILES string of the molecule is CNCc1cc(Br)ccc1SC(C)CO. The molecule has 0 saturated carbocycles. The van der Waals surface area contributed by atoms with Crippen LogP contribution in [-0.2, 0) is 6.54 Å². The van der Waals surface area contributed by atoms with E-state index in [-0.39, 0.29) is 11.9 Å². The Labute approximate surface area is 104 Å². The van der Waals surface area contributed by atoms with Crippen molar-refractivity contribution in [3.63, 3.8) is 0 Å². The first-order valence-corrected chi connectivity index (χ1v) is 6.55. The van der Waals surface area contributed by atoms with Gasteiger partial charge < -0.3 is 10.4 Å². The predicted octanol–water partition coefficient (Wildman–Crippen LogP) is 2.64. The summed E-state index contributed by atoms with van der Waals surface area (Å²) in [5.41, 5.74) is 1.26. The Morgan fingerprint density at radius 3 is 2.87 bits per heavy atom. The number of thioether (sulfide) groups is 1. The normalized spacial score (nSPS) is 12.8. The largest absolute Gasteiger partial charge is 0.395 e. The van der Waals surface area contributed by atoms with Gasteiger partial charge >= 0.3 is 0 Å². The molecule has 0 fully saturated rings. The van der Waals surface area contributed by atoms with E-state index in [1.165, 1.54) is 10.5 Å². The third-order valence-corrected chi connectivity index (χ3v) is 3.67. The highest BCUT2D eigenvalue weighted by atomic mass is 79.9. The second kappa shape index (κ2) is 6.53. The van der Waals surface area contributed by atoms with Crippen LogP contribution in [0.2, 0.25) is 0 Å². The van der Waals surface area contributed by atoms with Crippen molar-refractivity contribution in [3.05, 3.63) is 28.2 Å². The highest BCUT2D eigenvalue weighted by Crippen LogP contribution is 2.28. The molecule has 0 saturated heterocycles. The topological polar surface area (TPSA) is 32.3 Å². The number of nitrogens with one attached hydrogen (secondary N) is 1. The maximum atomic E-state index is 9.03. The zero-order chi connectivity index (χ0) is 11.3. The lowest BCUT2D eigenvalue weighted by Crippen LogP contribution is -2.08. The molecular formula is C11H16BrNOS. The van der Waals surface area contributed by atoms with Gasteiger partial charge in [-0.3, -0.25) is 0 Å². The average molecular weight is 290 g/mol. The fourth-order valence-corrected chi connectivity index (χ4v) is 2.59. The Bertz CT molecular complexity index is 319. The third-order valence-electron chi connectivity index (χ3n) is 1.98. The summed E-state index contributed by atoms with van der Waals surface area (Å²) in [6.45, 7) is 3.08. The van der Waals surface area contributed by atoms with Crippen molar-refractivity contribution < 1.29 is 5.11 Å². The van der Waals surface area contributed by atoms with Crippen molar-refractivity contribution in [1.82, 2.24) is 5.32 Å². The highest BCUT2D eigenvalue weighted by molar-refractivity contribution is 9.10. The molecule has 84 valence electrons. The Balaban J connectivity index is 2.85. The fourth-order valence-electron chi connectivity index (χ4n) is 1.25. The van der Waals surface area contributed by atoms with Gasteiger partial charge in [-0.1, -0.05) is 22.9 Å². The summed E-state index contributed by atoms with van der Waals surface area (Å²) in [7, 11) is 1.94. The van der Waals surface area contributed by atoms with Crippen molar-refractivity contribution in [3.8, 4) is 0 Å². The number of benzene rings is 1. The molecule has 0 heterocycles. The van der Waals surface area contributed by atoms with E-state index in [0.29, 0.717) is 0 Å². The van der Waals surface area contributed by atoms with Crippen molar-refractivity contribution in [2.24, 2.45) is 0 Å². The number of aliphatic hydroxyl groups excluding tert-OH is 1. The lowest BCUT2D eigenvalue weighted by molar-refractivity contribution is 0.300. The van der Waals surface area contributed by atoms with E-state index in [4.69, 9.17) is 5.11 Å². The van der Waals surface area contributed by atoms with Crippen LogP contribution >= 0.6 is 27.7 Å². The van der Waals surface area contributed by atoms with Gasteiger partial charge in [0, 0.05) is 21.2 Å². The van der Waals surface area contributed by atoms with Gasteiger partial charge in [-0.05, 0) is 30.8 Å². The Hall–Kier alpha value is -0.0300. The Morgan fingerprint density at radius 1 is 1.53 bits per heavy atom. The summed E-state index contributed by atoms with van der Waals surface area (Å²) >= 11 is 5.17. The molecule has 0 aromatic heterocycles. The molecule has 0 amide bonds. The van der Waals surface area contributed by atoms with Crippen LogP contribution in [0.5, 0.6) is 0 Å². The quantitative estimate of drug-likeness (QED) is 0.818. The lowest BCUT2D eigenvalue weighted by Gasteiger charge is -2.12. The molecule has 15 heavy (non-hydrogen) atoms. The molecule has 0 aliphatic carbocycles.